The summed E-state index contributed by atoms with van der Waals surface area (Å²) in [4.78, 5) is 32.6. The Morgan fingerprint density at radius 2 is 1.82 bits per heavy atom. The molecule has 1 aromatic heterocycles. The number of anilines is 3. The summed E-state index contributed by atoms with van der Waals surface area (Å²) in [5.74, 6) is -0.816. The lowest BCUT2D eigenvalue weighted by Crippen LogP contribution is -2.49. The molecular formula is C24H30FN5O4. The van der Waals surface area contributed by atoms with Gasteiger partial charge in [-0.1, -0.05) is 13.8 Å². The first-order valence-corrected chi connectivity index (χ1v) is 11.2. The van der Waals surface area contributed by atoms with Gasteiger partial charge in [-0.15, -0.1) is 0 Å². The number of halogens is 1. The number of ether oxygens (including phenoxy) is 2. The van der Waals surface area contributed by atoms with Gasteiger partial charge in [0.1, 0.15) is 11.6 Å². The van der Waals surface area contributed by atoms with Crippen molar-refractivity contribution in [3.63, 3.8) is 0 Å². The van der Waals surface area contributed by atoms with Gasteiger partial charge in [0, 0.05) is 37.6 Å². The number of nitrogens with zero attached hydrogens (tertiary/aromatic N) is 3. The predicted molar refractivity (Wildman–Crippen MR) is 128 cm³/mol. The van der Waals surface area contributed by atoms with Gasteiger partial charge in [0.15, 0.2) is 5.69 Å². The number of esters is 1. The quantitative estimate of drug-likeness (QED) is 0.463. The molecule has 10 heteroatoms. The van der Waals surface area contributed by atoms with E-state index in [-0.39, 0.29) is 23.5 Å². The first-order chi connectivity index (χ1) is 16.2. The molecule has 1 fully saturated rings. The standard InChI is InChI=1S/C24H30FN5O4/c1-5-34-24(32)30-12-10-29(11-13-30)19-14-18(23(31)33-4)28-22(20(19)21(26)15(2)3)27-17-8-6-16(25)7-9-17/h6-9,14-15,26H,5,10-13H2,1-4H3,(H,27,28). The van der Waals surface area contributed by atoms with Crippen LogP contribution in [0.2, 0.25) is 0 Å². The van der Waals surface area contributed by atoms with Gasteiger partial charge in [-0.05, 0) is 43.2 Å². The van der Waals surface area contributed by atoms with Gasteiger partial charge in [-0.25, -0.2) is 19.0 Å². The molecule has 0 aliphatic carbocycles. The second-order valence-electron chi connectivity index (χ2n) is 8.12. The Kier molecular flexibility index (Phi) is 8.04. The fraction of sp³-hybridized carbons (Fsp3) is 0.417. The molecule has 2 heterocycles. The van der Waals surface area contributed by atoms with E-state index >= 15 is 0 Å². The zero-order valence-electron chi connectivity index (χ0n) is 19.9. The van der Waals surface area contributed by atoms with Crippen molar-refractivity contribution in [2.75, 3.05) is 50.1 Å². The number of piperazine rings is 1. The van der Waals surface area contributed by atoms with Crippen LogP contribution in [0.25, 0.3) is 0 Å². The Labute approximate surface area is 198 Å². The first-order valence-electron chi connectivity index (χ1n) is 11.2. The summed E-state index contributed by atoms with van der Waals surface area (Å²) in [5.41, 5.74) is 2.15. The summed E-state index contributed by atoms with van der Waals surface area (Å²) >= 11 is 0. The van der Waals surface area contributed by atoms with E-state index in [9.17, 15) is 14.0 Å². The summed E-state index contributed by atoms with van der Waals surface area (Å²) in [6.07, 6.45) is -0.360. The van der Waals surface area contributed by atoms with E-state index in [0.29, 0.717) is 61.3 Å². The lowest BCUT2D eigenvalue weighted by molar-refractivity contribution is 0.0594. The van der Waals surface area contributed by atoms with Crippen molar-refractivity contribution >= 4 is 35.0 Å². The number of hydrogen-bond donors (Lipinski definition) is 2. The van der Waals surface area contributed by atoms with E-state index in [2.05, 4.69) is 10.3 Å². The smallest absolute Gasteiger partial charge is 0.409 e. The van der Waals surface area contributed by atoms with Gasteiger partial charge in [0.2, 0.25) is 0 Å². The molecule has 0 radical (unpaired) electrons. The van der Waals surface area contributed by atoms with Crippen molar-refractivity contribution < 1.29 is 23.5 Å². The summed E-state index contributed by atoms with van der Waals surface area (Å²) in [7, 11) is 1.28. The van der Waals surface area contributed by atoms with Gasteiger partial charge in [-0.2, -0.15) is 0 Å². The number of rotatable bonds is 7. The zero-order chi connectivity index (χ0) is 24.8. The Bertz CT molecular complexity index is 1050. The minimum atomic E-state index is -0.615. The second-order valence-corrected chi connectivity index (χ2v) is 8.12. The molecule has 0 saturated carbocycles. The van der Waals surface area contributed by atoms with Crippen LogP contribution in [0.15, 0.2) is 30.3 Å². The minimum Gasteiger partial charge on any atom is -0.464 e. The number of methoxy groups -OCH3 is 1. The normalized spacial score (nSPS) is 13.6. The van der Waals surface area contributed by atoms with Crippen molar-refractivity contribution in [2.24, 2.45) is 5.92 Å². The van der Waals surface area contributed by atoms with Crippen LogP contribution in [0, 0.1) is 17.1 Å². The number of carbonyl (C=O) groups is 2. The monoisotopic (exact) mass is 471 g/mol. The summed E-state index contributed by atoms with van der Waals surface area (Å²) in [6, 6.07) is 7.36. The highest BCUT2D eigenvalue weighted by molar-refractivity contribution is 6.09. The molecule has 0 unspecified atom stereocenters. The van der Waals surface area contributed by atoms with Gasteiger partial charge >= 0.3 is 12.1 Å². The number of carbonyl (C=O) groups excluding carboxylic acids is 2. The predicted octanol–water partition coefficient (Wildman–Crippen LogP) is 4.05. The molecule has 0 bridgehead atoms. The van der Waals surface area contributed by atoms with Crippen LogP contribution < -0.4 is 10.2 Å². The third kappa shape index (κ3) is 5.62. The number of benzene rings is 1. The average Bonchev–Trinajstić information content (AvgIpc) is 2.84. The molecule has 2 N–H and O–H groups in total. The summed E-state index contributed by atoms with van der Waals surface area (Å²) < 4.78 is 23.4. The van der Waals surface area contributed by atoms with Crippen LogP contribution in [-0.2, 0) is 9.47 Å². The van der Waals surface area contributed by atoms with Crippen LogP contribution >= 0.6 is 0 Å². The van der Waals surface area contributed by atoms with Crippen LogP contribution in [0.3, 0.4) is 0 Å². The molecule has 2 aromatic rings. The molecule has 1 aliphatic heterocycles. The number of amides is 1. The van der Waals surface area contributed by atoms with Crippen molar-refractivity contribution in [1.29, 1.82) is 5.41 Å². The zero-order valence-corrected chi connectivity index (χ0v) is 19.9. The molecule has 1 aliphatic rings. The van der Waals surface area contributed by atoms with E-state index < -0.39 is 5.97 Å². The van der Waals surface area contributed by atoms with Crippen molar-refractivity contribution in [3.05, 3.63) is 47.4 Å². The SMILES string of the molecule is CCOC(=O)N1CCN(c2cc(C(=O)OC)nc(Nc3ccc(F)cc3)c2C(=N)C(C)C)CC1. The molecule has 0 spiro atoms. The third-order valence-electron chi connectivity index (χ3n) is 5.49. The summed E-state index contributed by atoms with van der Waals surface area (Å²) in [5, 5.41) is 11.9. The number of aromatic nitrogens is 1. The minimum absolute atomic E-state index is 0.0789. The van der Waals surface area contributed by atoms with E-state index in [1.54, 1.807) is 30.0 Å². The summed E-state index contributed by atoms with van der Waals surface area (Å²) in [6.45, 7) is 7.71. The third-order valence-corrected chi connectivity index (χ3v) is 5.49. The highest BCUT2D eigenvalue weighted by Crippen LogP contribution is 2.33. The molecule has 34 heavy (non-hydrogen) atoms. The molecule has 3 rings (SSSR count). The maximum absolute atomic E-state index is 13.4. The molecule has 9 nitrogen and oxygen atoms in total. The largest absolute Gasteiger partial charge is 0.464 e. The molecule has 182 valence electrons. The lowest BCUT2D eigenvalue weighted by Gasteiger charge is -2.37. The fourth-order valence-corrected chi connectivity index (χ4v) is 3.65. The molecule has 0 atom stereocenters. The highest BCUT2D eigenvalue weighted by Gasteiger charge is 2.28. The van der Waals surface area contributed by atoms with E-state index in [1.807, 2.05) is 18.7 Å². The Morgan fingerprint density at radius 3 is 2.38 bits per heavy atom. The first kappa shape index (κ1) is 24.9. The fourth-order valence-electron chi connectivity index (χ4n) is 3.65. The Hall–Kier alpha value is -3.69. The van der Waals surface area contributed by atoms with Crippen LogP contribution in [0.1, 0.15) is 36.8 Å². The van der Waals surface area contributed by atoms with E-state index in [1.165, 1.54) is 19.2 Å². The Morgan fingerprint density at radius 1 is 1.18 bits per heavy atom. The van der Waals surface area contributed by atoms with E-state index in [0.717, 1.165) is 0 Å². The van der Waals surface area contributed by atoms with Gasteiger partial charge in [-0.3, -0.25) is 0 Å². The Balaban J connectivity index is 2.05. The maximum atomic E-state index is 13.4. The topological polar surface area (TPSA) is 108 Å². The maximum Gasteiger partial charge on any atom is 0.409 e. The number of hydrogen-bond acceptors (Lipinski definition) is 8. The molecular weight excluding hydrogens is 441 g/mol. The van der Waals surface area contributed by atoms with Crippen molar-refractivity contribution in [3.8, 4) is 0 Å². The van der Waals surface area contributed by atoms with Crippen LogP contribution in [0.5, 0.6) is 0 Å². The molecule has 1 aromatic carbocycles. The van der Waals surface area contributed by atoms with Crippen molar-refractivity contribution in [1.82, 2.24) is 9.88 Å². The number of pyridine rings is 1. The van der Waals surface area contributed by atoms with Gasteiger partial charge in [0.05, 0.1) is 25.0 Å². The highest BCUT2D eigenvalue weighted by atomic mass is 19.1. The average molecular weight is 472 g/mol. The van der Waals surface area contributed by atoms with Crippen molar-refractivity contribution in [2.45, 2.75) is 20.8 Å². The van der Waals surface area contributed by atoms with E-state index in [4.69, 9.17) is 14.9 Å². The van der Waals surface area contributed by atoms with Gasteiger partial charge in [0.25, 0.3) is 0 Å². The van der Waals surface area contributed by atoms with Gasteiger partial charge < -0.3 is 30.0 Å². The number of nitrogens with one attached hydrogen (secondary N) is 2. The van der Waals surface area contributed by atoms with Crippen LogP contribution in [-0.4, -0.2) is 67.6 Å². The molecule has 1 amide bonds. The molecule has 1 saturated heterocycles. The second kappa shape index (κ2) is 11.0. The van der Waals surface area contributed by atoms with Crippen LogP contribution in [0.4, 0.5) is 26.4 Å². The lowest BCUT2D eigenvalue weighted by atomic mass is 9.97.